The van der Waals surface area contributed by atoms with Crippen LogP contribution in [-0.2, 0) is 4.74 Å². The second-order valence-electron chi connectivity index (χ2n) is 3.30. The highest BCUT2D eigenvalue weighted by Gasteiger charge is 2.13. The Kier molecular flexibility index (Phi) is 5.32. The van der Waals surface area contributed by atoms with Gasteiger partial charge in [-0.3, -0.25) is 0 Å². The summed E-state index contributed by atoms with van der Waals surface area (Å²) in [5, 5.41) is 6.52. The normalized spacial score (nSPS) is 23.2. The molecule has 2 N–H and O–H groups in total. The highest BCUT2D eigenvalue weighted by molar-refractivity contribution is 4.67. The van der Waals surface area contributed by atoms with Crippen molar-refractivity contribution in [2.75, 3.05) is 33.3 Å². The van der Waals surface area contributed by atoms with Crippen LogP contribution in [0.2, 0.25) is 0 Å². The van der Waals surface area contributed by atoms with Crippen LogP contribution >= 0.6 is 0 Å². The molecule has 0 aliphatic carbocycles. The first-order valence-electron chi connectivity index (χ1n) is 4.90. The molecule has 1 rings (SSSR count). The van der Waals surface area contributed by atoms with Crippen molar-refractivity contribution in [3.63, 3.8) is 0 Å². The minimum absolute atomic E-state index is 0.486. The van der Waals surface area contributed by atoms with Gasteiger partial charge in [0.1, 0.15) is 0 Å². The molecule has 1 heterocycles. The number of nitrogens with one attached hydrogen (secondary N) is 2. The molecular formula is C9H20N2O. The summed E-state index contributed by atoms with van der Waals surface area (Å²) >= 11 is 0. The van der Waals surface area contributed by atoms with Crippen LogP contribution in [0.15, 0.2) is 0 Å². The molecule has 3 nitrogen and oxygen atoms in total. The summed E-state index contributed by atoms with van der Waals surface area (Å²) in [6.45, 7) is 4.19. The SMILES string of the molecule is CNCCCNC[C@H]1CCCO1. The van der Waals surface area contributed by atoms with E-state index >= 15 is 0 Å². The minimum Gasteiger partial charge on any atom is -0.377 e. The zero-order valence-corrected chi connectivity index (χ0v) is 7.94. The fourth-order valence-corrected chi connectivity index (χ4v) is 1.46. The van der Waals surface area contributed by atoms with Gasteiger partial charge in [-0.25, -0.2) is 0 Å². The van der Waals surface area contributed by atoms with E-state index in [-0.39, 0.29) is 0 Å². The topological polar surface area (TPSA) is 33.3 Å². The fourth-order valence-electron chi connectivity index (χ4n) is 1.46. The third kappa shape index (κ3) is 4.04. The van der Waals surface area contributed by atoms with Gasteiger partial charge in [-0.05, 0) is 39.4 Å². The third-order valence-electron chi connectivity index (χ3n) is 2.18. The van der Waals surface area contributed by atoms with Gasteiger partial charge in [0.15, 0.2) is 0 Å². The van der Waals surface area contributed by atoms with Crippen LogP contribution in [0.1, 0.15) is 19.3 Å². The van der Waals surface area contributed by atoms with E-state index in [4.69, 9.17) is 4.74 Å². The Bertz CT molecular complexity index is 103. The van der Waals surface area contributed by atoms with E-state index in [1.165, 1.54) is 19.3 Å². The highest BCUT2D eigenvalue weighted by Crippen LogP contribution is 2.10. The van der Waals surface area contributed by atoms with Gasteiger partial charge >= 0.3 is 0 Å². The van der Waals surface area contributed by atoms with Crippen molar-refractivity contribution in [2.45, 2.75) is 25.4 Å². The number of ether oxygens (including phenoxy) is 1. The van der Waals surface area contributed by atoms with Crippen molar-refractivity contribution in [3.05, 3.63) is 0 Å². The summed E-state index contributed by atoms with van der Waals surface area (Å²) in [5.74, 6) is 0. The minimum atomic E-state index is 0.486. The molecule has 0 aromatic heterocycles. The molecule has 1 aliphatic rings. The van der Waals surface area contributed by atoms with E-state index in [1.54, 1.807) is 0 Å². The molecule has 0 bridgehead atoms. The van der Waals surface area contributed by atoms with Gasteiger partial charge in [-0.1, -0.05) is 0 Å². The summed E-state index contributed by atoms with van der Waals surface area (Å²) in [4.78, 5) is 0. The lowest BCUT2D eigenvalue weighted by atomic mass is 10.2. The van der Waals surface area contributed by atoms with Crippen LogP contribution in [0.4, 0.5) is 0 Å². The Labute approximate surface area is 74.9 Å². The van der Waals surface area contributed by atoms with Crippen LogP contribution in [0.5, 0.6) is 0 Å². The molecule has 1 saturated heterocycles. The summed E-state index contributed by atoms with van der Waals surface area (Å²) < 4.78 is 5.48. The van der Waals surface area contributed by atoms with E-state index in [9.17, 15) is 0 Å². The van der Waals surface area contributed by atoms with Crippen LogP contribution in [-0.4, -0.2) is 39.4 Å². The Morgan fingerprint density at radius 3 is 3.00 bits per heavy atom. The second kappa shape index (κ2) is 6.40. The van der Waals surface area contributed by atoms with Gasteiger partial charge < -0.3 is 15.4 Å². The van der Waals surface area contributed by atoms with Crippen molar-refractivity contribution in [1.29, 1.82) is 0 Å². The Morgan fingerprint density at radius 2 is 2.33 bits per heavy atom. The first-order chi connectivity index (χ1) is 5.93. The van der Waals surface area contributed by atoms with Crippen molar-refractivity contribution < 1.29 is 4.74 Å². The fraction of sp³-hybridized carbons (Fsp3) is 1.00. The molecule has 0 saturated carbocycles. The van der Waals surface area contributed by atoms with Crippen LogP contribution < -0.4 is 10.6 Å². The predicted molar refractivity (Wildman–Crippen MR) is 50.4 cm³/mol. The Hall–Kier alpha value is -0.120. The van der Waals surface area contributed by atoms with E-state index in [2.05, 4.69) is 10.6 Å². The standard InChI is InChI=1S/C9H20N2O/c1-10-5-3-6-11-8-9-4-2-7-12-9/h9-11H,2-8H2,1H3/t9-/m1/s1. The van der Waals surface area contributed by atoms with Crippen molar-refractivity contribution in [2.24, 2.45) is 0 Å². The van der Waals surface area contributed by atoms with E-state index in [0.717, 1.165) is 26.2 Å². The van der Waals surface area contributed by atoms with E-state index in [1.807, 2.05) is 7.05 Å². The number of rotatable bonds is 6. The zero-order valence-electron chi connectivity index (χ0n) is 7.94. The average Bonchev–Trinajstić information content (AvgIpc) is 2.57. The molecule has 12 heavy (non-hydrogen) atoms. The lowest BCUT2D eigenvalue weighted by Gasteiger charge is -2.09. The monoisotopic (exact) mass is 172 g/mol. The molecule has 3 heteroatoms. The maximum Gasteiger partial charge on any atom is 0.0700 e. The van der Waals surface area contributed by atoms with E-state index < -0.39 is 0 Å². The maximum absolute atomic E-state index is 5.48. The molecular weight excluding hydrogens is 152 g/mol. The second-order valence-corrected chi connectivity index (χ2v) is 3.30. The molecule has 0 amide bonds. The Morgan fingerprint density at radius 1 is 1.42 bits per heavy atom. The van der Waals surface area contributed by atoms with Crippen molar-refractivity contribution >= 4 is 0 Å². The molecule has 0 radical (unpaired) electrons. The van der Waals surface area contributed by atoms with Crippen LogP contribution in [0, 0.1) is 0 Å². The van der Waals surface area contributed by atoms with Crippen LogP contribution in [0.25, 0.3) is 0 Å². The lowest BCUT2D eigenvalue weighted by molar-refractivity contribution is 0.110. The summed E-state index contributed by atoms with van der Waals surface area (Å²) in [5.41, 5.74) is 0. The van der Waals surface area contributed by atoms with Gasteiger partial charge in [0.2, 0.25) is 0 Å². The highest BCUT2D eigenvalue weighted by atomic mass is 16.5. The lowest BCUT2D eigenvalue weighted by Crippen LogP contribution is -2.28. The average molecular weight is 172 g/mol. The first kappa shape index (κ1) is 9.96. The summed E-state index contributed by atoms with van der Waals surface area (Å²) in [6.07, 6.45) is 4.16. The van der Waals surface area contributed by atoms with Gasteiger partial charge in [-0.15, -0.1) is 0 Å². The van der Waals surface area contributed by atoms with Gasteiger partial charge in [0.25, 0.3) is 0 Å². The Balaban J connectivity index is 1.81. The van der Waals surface area contributed by atoms with Gasteiger partial charge in [0, 0.05) is 13.2 Å². The summed E-state index contributed by atoms with van der Waals surface area (Å²) in [7, 11) is 1.99. The molecule has 1 atom stereocenters. The number of hydrogen-bond donors (Lipinski definition) is 2. The van der Waals surface area contributed by atoms with E-state index in [0.29, 0.717) is 6.10 Å². The third-order valence-corrected chi connectivity index (χ3v) is 2.18. The molecule has 72 valence electrons. The van der Waals surface area contributed by atoms with Gasteiger partial charge in [-0.2, -0.15) is 0 Å². The predicted octanol–water partition coefficient (Wildman–Crippen LogP) is 0.365. The molecule has 1 fully saturated rings. The number of hydrogen-bond acceptors (Lipinski definition) is 3. The largest absolute Gasteiger partial charge is 0.377 e. The van der Waals surface area contributed by atoms with Crippen molar-refractivity contribution in [1.82, 2.24) is 10.6 Å². The summed E-state index contributed by atoms with van der Waals surface area (Å²) in [6, 6.07) is 0. The smallest absolute Gasteiger partial charge is 0.0700 e. The zero-order chi connectivity index (χ0) is 8.65. The molecule has 1 aliphatic heterocycles. The quantitative estimate of drug-likeness (QED) is 0.568. The van der Waals surface area contributed by atoms with Crippen LogP contribution in [0.3, 0.4) is 0 Å². The first-order valence-corrected chi connectivity index (χ1v) is 4.90. The molecule has 0 aromatic rings. The van der Waals surface area contributed by atoms with Crippen molar-refractivity contribution in [3.8, 4) is 0 Å². The molecule has 0 unspecified atom stereocenters. The van der Waals surface area contributed by atoms with Gasteiger partial charge in [0.05, 0.1) is 6.10 Å². The molecule has 0 aromatic carbocycles. The maximum atomic E-state index is 5.48. The molecule has 0 spiro atoms.